The van der Waals surface area contributed by atoms with Gasteiger partial charge in [-0.05, 0) is 46.5 Å². The summed E-state index contributed by atoms with van der Waals surface area (Å²) in [6.45, 7) is 12.7. The van der Waals surface area contributed by atoms with Crippen molar-refractivity contribution >= 4 is 5.91 Å². The standard InChI is InChI=1S/C18H34N3O/c1-6-18(20,7-2)15(22)21-10-13-8-12(16(21,3)4)9-14(11-21)17(13,5)19/h12-14H,6-11,19-20H2,1-5H3/q+1. The summed E-state index contributed by atoms with van der Waals surface area (Å²) in [5.41, 5.74) is 12.4. The van der Waals surface area contributed by atoms with Gasteiger partial charge in [0.25, 0.3) is 0 Å². The Bertz CT molecular complexity index is 475. The first-order valence-corrected chi connectivity index (χ1v) is 9.05. The summed E-state index contributed by atoms with van der Waals surface area (Å²) in [5.74, 6) is 1.79. The fourth-order valence-corrected chi connectivity index (χ4v) is 5.80. The molecule has 2 atom stereocenters. The third-order valence-electron chi connectivity index (χ3n) is 8.14. The van der Waals surface area contributed by atoms with Crippen LogP contribution < -0.4 is 11.5 Å². The fourth-order valence-electron chi connectivity index (χ4n) is 5.80. The number of nitrogens with two attached hydrogens (primary N) is 2. The number of hydrogen-bond donors (Lipinski definition) is 2. The zero-order chi connectivity index (χ0) is 16.6. The Hall–Kier alpha value is -0.450. The molecule has 0 radical (unpaired) electrons. The van der Waals surface area contributed by atoms with Gasteiger partial charge in [0.1, 0.15) is 11.1 Å². The molecule has 22 heavy (non-hydrogen) atoms. The second-order valence-corrected chi connectivity index (χ2v) is 9.08. The van der Waals surface area contributed by atoms with Crippen LogP contribution in [0.4, 0.5) is 0 Å². The lowest BCUT2D eigenvalue weighted by molar-refractivity contribution is -0.937. The van der Waals surface area contributed by atoms with E-state index < -0.39 is 5.54 Å². The molecule has 4 fully saturated rings. The van der Waals surface area contributed by atoms with Gasteiger partial charge in [0.2, 0.25) is 0 Å². The Labute approximate surface area is 135 Å². The highest BCUT2D eigenvalue weighted by molar-refractivity contribution is 5.80. The van der Waals surface area contributed by atoms with E-state index >= 15 is 0 Å². The van der Waals surface area contributed by atoms with Gasteiger partial charge in [-0.2, -0.15) is 0 Å². The van der Waals surface area contributed by atoms with Crippen LogP contribution in [0.5, 0.6) is 0 Å². The van der Waals surface area contributed by atoms with Gasteiger partial charge < -0.3 is 11.5 Å². The van der Waals surface area contributed by atoms with Crippen LogP contribution in [0.15, 0.2) is 0 Å². The normalized spacial score (nSPS) is 46.0. The van der Waals surface area contributed by atoms with Crippen LogP contribution in [0.2, 0.25) is 0 Å². The van der Waals surface area contributed by atoms with Gasteiger partial charge in [0.15, 0.2) is 0 Å². The first kappa shape index (κ1) is 16.4. The summed E-state index contributed by atoms with van der Waals surface area (Å²) in [4.78, 5) is 13.6. The maximum atomic E-state index is 13.6. The van der Waals surface area contributed by atoms with Crippen LogP contribution >= 0.6 is 0 Å². The van der Waals surface area contributed by atoms with E-state index in [2.05, 4.69) is 20.8 Å². The zero-order valence-corrected chi connectivity index (χ0v) is 15.0. The first-order chi connectivity index (χ1) is 10.0. The van der Waals surface area contributed by atoms with Crippen molar-refractivity contribution in [2.75, 3.05) is 13.1 Å². The van der Waals surface area contributed by atoms with Gasteiger partial charge in [0.05, 0.1) is 13.1 Å². The molecule has 3 saturated heterocycles. The van der Waals surface area contributed by atoms with Crippen LogP contribution in [0.1, 0.15) is 60.3 Å². The van der Waals surface area contributed by atoms with E-state index in [4.69, 9.17) is 11.5 Å². The molecule has 4 nitrogen and oxygen atoms in total. The van der Waals surface area contributed by atoms with E-state index in [1.807, 2.05) is 13.8 Å². The van der Waals surface area contributed by atoms with E-state index in [1.165, 1.54) is 12.8 Å². The third kappa shape index (κ3) is 1.72. The smallest absolute Gasteiger partial charge is 0.324 e. The molecule has 0 spiro atoms. The number of hydrogen-bond acceptors (Lipinski definition) is 3. The van der Waals surface area contributed by atoms with Gasteiger partial charge in [0, 0.05) is 23.3 Å². The number of carbonyl (C=O) groups is 1. The molecule has 4 N–H and O–H groups in total. The van der Waals surface area contributed by atoms with Crippen molar-refractivity contribution in [2.45, 2.75) is 76.9 Å². The van der Waals surface area contributed by atoms with Crippen molar-refractivity contribution in [3.05, 3.63) is 0 Å². The highest BCUT2D eigenvalue weighted by Gasteiger charge is 2.71. The minimum Gasteiger partial charge on any atom is -0.324 e. The van der Waals surface area contributed by atoms with Crippen molar-refractivity contribution < 1.29 is 9.28 Å². The van der Waals surface area contributed by atoms with Crippen molar-refractivity contribution in [1.82, 2.24) is 0 Å². The predicted octanol–water partition coefficient (Wildman–Crippen LogP) is 2.01. The highest BCUT2D eigenvalue weighted by atomic mass is 16.2. The fraction of sp³-hybridized carbons (Fsp3) is 0.944. The van der Waals surface area contributed by atoms with Gasteiger partial charge in [-0.15, -0.1) is 0 Å². The average Bonchev–Trinajstić information content (AvgIpc) is 2.43. The molecule has 0 aromatic carbocycles. The van der Waals surface area contributed by atoms with Crippen LogP contribution in [0.25, 0.3) is 0 Å². The SMILES string of the molecule is CCC(N)(CC)C(=O)[N+]12CC3CC(CC(C1)C3(C)N)C2(C)C. The van der Waals surface area contributed by atoms with E-state index in [9.17, 15) is 4.79 Å². The molecule has 1 amide bonds. The van der Waals surface area contributed by atoms with Gasteiger partial charge in [-0.3, -0.25) is 4.48 Å². The Morgan fingerprint density at radius 2 is 1.55 bits per heavy atom. The summed E-state index contributed by atoms with van der Waals surface area (Å²) in [5, 5.41) is 0. The van der Waals surface area contributed by atoms with Gasteiger partial charge >= 0.3 is 5.91 Å². The number of rotatable bonds is 3. The molecular formula is C18H34N3O+. The summed E-state index contributed by atoms with van der Waals surface area (Å²) in [7, 11) is 0. The molecule has 4 bridgehead atoms. The lowest BCUT2D eigenvalue weighted by Gasteiger charge is -2.69. The summed E-state index contributed by atoms with van der Waals surface area (Å²) < 4.78 is 0.581. The Kier molecular flexibility index (Phi) is 3.39. The Morgan fingerprint density at radius 1 is 1.09 bits per heavy atom. The quantitative estimate of drug-likeness (QED) is 0.784. The lowest BCUT2D eigenvalue weighted by atomic mass is 9.51. The Morgan fingerprint density at radius 3 is 1.95 bits per heavy atom. The zero-order valence-electron chi connectivity index (χ0n) is 15.0. The lowest BCUT2D eigenvalue weighted by Crippen LogP contribution is -2.86. The second-order valence-electron chi connectivity index (χ2n) is 9.08. The van der Waals surface area contributed by atoms with Crippen LogP contribution in [0.3, 0.4) is 0 Å². The van der Waals surface area contributed by atoms with Crippen molar-refractivity contribution in [3.8, 4) is 0 Å². The minimum absolute atomic E-state index is 0.00442. The molecular weight excluding hydrogens is 274 g/mol. The largest absolute Gasteiger partial charge is 0.334 e. The summed E-state index contributed by atoms with van der Waals surface area (Å²) in [6, 6.07) is 0. The van der Waals surface area contributed by atoms with E-state index in [0.29, 0.717) is 22.2 Å². The van der Waals surface area contributed by atoms with E-state index in [0.717, 1.165) is 25.9 Å². The molecule has 3 aliphatic heterocycles. The molecule has 1 aliphatic carbocycles. The maximum absolute atomic E-state index is 13.6. The molecule has 126 valence electrons. The van der Waals surface area contributed by atoms with Crippen molar-refractivity contribution in [1.29, 1.82) is 0 Å². The number of nitrogens with zero attached hydrogens (tertiary/aromatic N) is 1. The maximum Gasteiger partial charge on any atom is 0.334 e. The van der Waals surface area contributed by atoms with Crippen LogP contribution in [-0.2, 0) is 4.79 Å². The molecule has 4 rings (SSSR count). The predicted molar refractivity (Wildman–Crippen MR) is 88.9 cm³/mol. The number of quaternary nitrogens is 1. The Balaban J connectivity index is 2.07. The van der Waals surface area contributed by atoms with Gasteiger partial charge in [-0.1, -0.05) is 13.8 Å². The molecule has 2 unspecified atom stereocenters. The topological polar surface area (TPSA) is 69.1 Å². The molecule has 0 aromatic rings. The van der Waals surface area contributed by atoms with Crippen LogP contribution in [-0.4, -0.2) is 40.1 Å². The third-order valence-corrected chi connectivity index (χ3v) is 8.14. The van der Waals surface area contributed by atoms with E-state index in [-0.39, 0.29) is 17.0 Å². The summed E-state index contributed by atoms with van der Waals surface area (Å²) in [6.07, 6.45) is 3.80. The van der Waals surface area contributed by atoms with E-state index in [1.54, 1.807) is 0 Å². The average molecular weight is 308 g/mol. The van der Waals surface area contributed by atoms with Crippen molar-refractivity contribution in [2.24, 2.45) is 29.2 Å². The molecule has 4 heteroatoms. The first-order valence-electron chi connectivity index (χ1n) is 9.05. The van der Waals surface area contributed by atoms with Crippen molar-refractivity contribution in [3.63, 3.8) is 0 Å². The molecule has 4 aliphatic rings. The minimum atomic E-state index is -0.687. The molecule has 1 saturated carbocycles. The summed E-state index contributed by atoms with van der Waals surface area (Å²) >= 11 is 0. The monoisotopic (exact) mass is 308 g/mol. The second kappa shape index (κ2) is 4.55. The number of carbonyl (C=O) groups excluding carboxylic acids is 1. The highest BCUT2D eigenvalue weighted by Crippen LogP contribution is 2.59. The van der Waals surface area contributed by atoms with Crippen LogP contribution in [0, 0.1) is 17.8 Å². The molecule has 3 heterocycles. The molecule has 0 aromatic heterocycles. The van der Waals surface area contributed by atoms with Gasteiger partial charge in [-0.25, -0.2) is 4.79 Å². The number of piperidine rings is 3. The number of amides is 1.